The molecule has 0 atom stereocenters. The molecule has 0 saturated carbocycles. The number of pyridine rings is 1. The number of nitrogens with zero attached hydrogens (tertiary/aromatic N) is 2. The zero-order valence-electron chi connectivity index (χ0n) is 9.33. The number of aromatic nitrogens is 1. The van der Waals surface area contributed by atoms with Crippen LogP contribution in [0.1, 0.15) is 12.1 Å². The highest BCUT2D eigenvalue weighted by atomic mass is 35.5. The SMILES string of the molecule is CNCCCN(C)Cc1cccc(Cl)n1. The van der Waals surface area contributed by atoms with Crippen molar-refractivity contribution in [2.45, 2.75) is 13.0 Å². The van der Waals surface area contributed by atoms with Crippen molar-refractivity contribution in [3.63, 3.8) is 0 Å². The lowest BCUT2D eigenvalue weighted by Crippen LogP contribution is -2.22. The summed E-state index contributed by atoms with van der Waals surface area (Å²) in [6.07, 6.45) is 1.15. The van der Waals surface area contributed by atoms with Gasteiger partial charge in [-0.05, 0) is 45.7 Å². The Morgan fingerprint density at radius 2 is 2.27 bits per heavy atom. The van der Waals surface area contributed by atoms with E-state index < -0.39 is 0 Å². The van der Waals surface area contributed by atoms with Crippen LogP contribution in [0.5, 0.6) is 0 Å². The lowest BCUT2D eigenvalue weighted by atomic mass is 10.3. The molecule has 1 aromatic heterocycles. The lowest BCUT2D eigenvalue weighted by molar-refractivity contribution is 0.317. The first kappa shape index (κ1) is 12.4. The Labute approximate surface area is 96.5 Å². The van der Waals surface area contributed by atoms with Gasteiger partial charge in [-0.1, -0.05) is 17.7 Å². The van der Waals surface area contributed by atoms with Crippen LogP contribution < -0.4 is 5.32 Å². The van der Waals surface area contributed by atoms with E-state index in [1.807, 2.05) is 19.2 Å². The van der Waals surface area contributed by atoms with Crippen molar-refractivity contribution in [2.75, 3.05) is 27.2 Å². The average molecular weight is 228 g/mol. The molecule has 1 rings (SSSR count). The molecule has 0 bridgehead atoms. The fourth-order valence-corrected chi connectivity index (χ4v) is 1.60. The molecule has 1 N–H and O–H groups in total. The first-order valence-corrected chi connectivity index (χ1v) is 5.54. The Balaban J connectivity index is 2.34. The van der Waals surface area contributed by atoms with Crippen LogP contribution >= 0.6 is 11.6 Å². The zero-order valence-corrected chi connectivity index (χ0v) is 10.1. The molecule has 15 heavy (non-hydrogen) atoms. The van der Waals surface area contributed by atoms with Crippen LogP contribution in [0.2, 0.25) is 5.15 Å². The van der Waals surface area contributed by atoms with E-state index in [0.717, 1.165) is 31.7 Å². The van der Waals surface area contributed by atoms with Crippen molar-refractivity contribution >= 4 is 11.6 Å². The Morgan fingerprint density at radius 1 is 1.47 bits per heavy atom. The quantitative estimate of drug-likeness (QED) is 0.593. The van der Waals surface area contributed by atoms with E-state index in [4.69, 9.17) is 11.6 Å². The largest absolute Gasteiger partial charge is 0.320 e. The Morgan fingerprint density at radius 3 is 2.93 bits per heavy atom. The van der Waals surface area contributed by atoms with Crippen molar-refractivity contribution < 1.29 is 0 Å². The minimum atomic E-state index is 0.566. The summed E-state index contributed by atoms with van der Waals surface area (Å²) in [5.74, 6) is 0. The average Bonchev–Trinajstić information content (AvgIpc) is 2.18. The van der Waals surface area contributed by atoms with Gasteiger partial charge >= 0.3 is 0 Å². The molecular weight excluding hydrogens is 210 g/mol. The molecule has 0 radical (unpaired) electrons. The Kier molecular flexibility index (Phi) is 5.61. The van der Waals surface area contributed by atoms with E-state index in [1.54, 1.807) is 6.07 Å². The highest BCUT2D eigenvalue weighted by molar-refractivity contribution is 6.29. The molecule has 3 nitrogen and oxygen atoms in total. The second-order valence-corrected chi connectivity index (χ2v) is 4.03. The van der Waals surface area contributed by atoms with Crippen molar-refractivity contribution in [1.29, 1.82) is 0 Å². The van der Waals surface area contributed by atoms with E-state index in [2.05, 4.69) is 22.2 Å². The predicted octanol–water partition coefficient (Wildman–Crippen LogP) is 1.78. The molecule has 0 aliphatic heterocycles. The Bertz CT molecular complexity index is 291. The van der Waals surface area contributed by atoms with E-state index in [1.165, 1.54) is 0 Å². The third kappa shape index (κ3) is 5.11. The molecule has 0 aliphatic rings. The van der Waals surface area contributed by atoms with Gasteiger partial charge in [0.2, 0.25) is 0 Å². The van der Waals surface area contributed by atoms with Gasteiger partial charge < -0.3 is 10.2 Å². The zero-order chi connectivity index (χ0) is 11.1. The van der Waals surface area contributed by atoms with Gasteiger partial charge in [0, 0.05) is 6.54 Å². The maximum absolute atomic E-state index is 5.82. The van der Waals surface area contributed by atoms with Crippen LogP contribution in [-0.4, -0.2) is 37.1 Å². The normalized spacial score (nSPS) is 10.9. The minimum absolute atomic E-state index is 0.566. The summed E-state index contributed by atoms with van der Waals surface area (Å²) < 4.78 is 0. The summed E-state index contributed by atoms with van der Waals surface area (Å²) in [5.41, 5.74) is 1.02. The molecular formula is C11H18ClN3. The van der Waals surface area contributed by atoms with Gasteiger partial charge in [-0.3, -0.25) is 0 Å². The number of hydrogen-bond donors (Lipinski definition) is 1. The van der Waals surface area contributed by atoms with Crippen molar-refractivity contribution in [3.8, 4) is 0 Å². The number of nitrogens with one attached hydrogen (secondary N) is 1. The molecule has 0 spiro atoms. The number of halogens is 1. The van der Waals surface area contributed by atoms with Gasteiger partial charge in [0.15, 0.2) is 0 Å². The fourth-order valence-electron chi connectivity index (χ4n) is 1.42. The van der Waals surface area contributed by atoms with E-state index in [9.17, 15) is 0 Å². The molecule has 0 aromatic carbocycles. The number of rotatable bonds is 6. The van der Waals surface area contributed by atoms with Crippen molar-refractivity contribution in [3.05, 3.63) is 29.0 Å². The summed E-state index contributed by atoms with van der Waals surface area (Å²) in [6, 6.07) is 5.73. The summed E-state index contributed by atoms with van der Waals surface area (Å²) in [6.45, 7) is 2.96. The molecule has 1 heterocycles. The second kappa shape index (κ2) is 6.77. The molecule has 1 aromatic rings. The third-order valence-electron chi connectivity index (χ3n) is 2.17. The molecule has 0 fully saturated rings. The van der Waals surface area contributed by atoms with Gasteiger partial charge in [0.05, 0.1) is 5.69 Å². The highest BCUT2D eigenvalue weighted by Gasteiger charge is 2.01. The third-order valence-corrected chi connectivity index (χ3v) is 2.38. The topological polar surface area (TPSA) is 28.2 Å². The smallest absolute Gasteiger partial charge is 0.129 e. The maximum atomic E-state index is 5.82. The Hall–Kier alpha value is -0.640. The minimum Gasteiger partial charge on any atom is -0.320 e. The second-order valence-electron chi connectivity index (χ2n) is 3.65. The maximum Gasteiger partial charge on any atom is 0.129 e. The molecule has 0 aliphatic carbocycles. The van der Waals surface area contributed by atoms with Crippen LogP contribution in [0.25, 0.3) is 0 Å². The van der Waals surface area contributed by atoms with E-state index in [-0.39, 0.29) is 0 Å². The molecule has 4 heteroatoms. The van der Waals surface area contributed by atoms with E-state index >= 15 is 0 Å². The predicted molar refractivity (Wildman–Crippen MR) is 64.1 cm³/mol. The lowest BCUT2D eigenvalue weighted by Gasteiger charge is -2.15. The molecule has 0 amide bonds. The molecule has 84 valence electrons. The highest BCUT2D eigenvalue weighted by Crippen LogP contribution is 2.06. The number of hydrogen-bond acceptors (Lipinski definition) is 3. The van der Waals surface area contributed by atoms with Gasteiger partial charge in [0.1, 0.15) is 5.15 Å². The van der Waals surface area contributed by atoms with Crippen LogP contribution in [0.15, 0.2) is 18.2 Å². The monoisotopic (exact) mass is 227 g/mol. The van der Waals surface area contributed by atoms with Gasteiger partial charge in [-0.15, -0.1) is 0 Å². The fraction of sp³-hybridized carbons (Fsp3) is 0.545. The van der Waals surface area contributed by atoms with Crippen molar-refractivity contribution in [2.24, 2.45) is 0 Å². The van der Waals surface area contributed by atoms with E-state index in [0.29, 0.717) is 5.15 Å². The first-order chi connectivity index (χ1) is 7.22. The van der Waals surface area contributed by atoms with Gasteiger partial charge in [-0.25, -0.2) is 4.98 Å². The van der Waals surface area contributed by atoms with Gasteiger partial charge in [-0.2, -0.15) is 0 Å². The first-order valence-electron chi connectivity index (χ1n) is 5.17. The summed E-state index contributed by atoms with van der Waals surface area (Å²) >= 11 is 5.82. The summed E-state index contributed by atoms with van der Waals surface area (Å²) in [5, 5.41) is 3.70. The molecule has 0 unspecified atom stereocenters. The van der Waals surface area contributed by atoms with Crippen LogP contribution in [-0.2, 0) is 6.54 Å². The standard InChI is InChI=1S/C11H18ClN3/c1-13-7-4-8-15(2)9-10-5-3-6-11(12)14-10/h3,5-6,13H,4,7-9H2,1-2H3. The van der Waals surface area contributed by atoms with Gasteiger partial charge in [0.25, 0.3) is 0 Å². The van der Waals surface area contributed by atoms with Crippen LogP contribution in [0.4, 0.5) is 0 Å². The molecule has 0 saturated heterocycles. The van der Waals surface area contributed by atoms with Crippen molar-refractivity contribution in [1.82, 2.24) is 15.2 Å². The van der Waals surface area contributed by atoms with Crippen LogP contribution in [0.3, 0.4) is 0 Å². The summed E-state index contributed by atoms with van der Waals surface area (Å²) in [7, 11) is 4.07. The van der Waals surface area contributed by atoms with Crippen LogP contribution in [0, 0.1) is 0 Å². The summed E-state index contributed by atoms with van der Waals surface area (Å²) in [4.78, 5) is 6.50.